The van der Waals surface area contributed by atoms with Crippen molar-refractivity contribution >= 4 is 51.7 Å². The molecule has 6 nitrogen and oxygen atoms in total. The van der Waals surface area contributed by atoms with E-state index in [0.717, 1.165) is 19.5 Å². The molecule has 2 aromatic rings. The van der Waals surface area contributed by atoms with Gasteiger partial charge in [-0.05, 0) is 36.5 Å². The highest BCUT2D eigenvalue weighted by Crippen LogP contribution is 2.33. The van der Waals surface area contributed by atoms with Gasteiger partial charge >= 0.3 is 0 Å². The normalized spacial score (nSPS) is 24.6. The van der Waals surface area contributed by atoms with Crippen molar-refractivity contribution in [3.8, 4) is 0 Å². The van der Waals surface area contributed by atoms with Crippen LogP contribution in [0.2, 0.25) is 0 Å². The number of fused-ring (bicyclic) bond motifs is 1. The molecule has 1 amide bonds. The molecule has 0 aliphatic carbocycles. The van der Waals surface area contributed by atoms with Gasteiger partial charge in [-0.1, -0.05) is 43.9 Å². The van der Waals surface area contributed by atoms with Crippen molar-refractivity contribution in [3.05, 3.63) is 45.2 Å². The summed E-state index contributed by atoms with van der Waals surface area (Å²) in [6, 6.07) is 5.50. The first-order valence-electron chi connectivity index (χ1n) is 9.33. The Balaban J connectivity index is 1.91. The highest BCUT2D eigenvalue weighted by Gasteiger charge is 2.31. The molecule has 28 heavy (non-hydrogen) atoms. The van der Waals surface area contributed by atoms with Gasteiger partial charge in [0.2, 0.25) is 0 Å². The van der Waals surface area contributed by atoms with Crippen molar-refractivity contribution < 1.29 is 4.79 Å². The zero-order chi connectivity index (χ0) is 20.0. The molecule has 0 spiro atoms. The number of rotatable bonds is 2. The Morgan fingerprint density at radius 2 is 1.93 bits per heavy atom. The number of carbonyl (C=O) groups excluding carboxylic acids is 1. The summed E-state index contributed by atoms with van der Waals surface area (Å²) in [5.74, 6) is 1.50. The van der Waals surface area contributed by atoms with E-state index in [1.54, 1.807) is 25.4 Å². The number of aromatic nitrogens is 2. The molecule has 146 valence electrons. The number of thiocarbonyl (C=S) groups is 1. The summed E-state index contributed by atoms with van der Waals surface area (Å²) in [4.78, 5) is 34.7. The van der Waals surface area contributed by atoms with Gasteiger partial charge in [0.15, 0.2) is 0 Å². The Labute approximate surface area is 173 Å². The van der Waals surface area contributed by atoms with Gasteiger partial charge in [0.25, 0.3) is 11.5 Å². The minimum absolute atomic E-state index is 0.173. The van der Waals surface area contributed by atoms with Crippen molar-refractivity contribution in [1.82, 2.24) is 14.3 Å². The molecule has 2 aromatic heterocycles. The number of nitrogens with zero attached hydrogens (tertiary/aromatic N) is 4. The minimum atomic E-state index is -0.182. The predicted octanol–water partition coefficient (Wildman–Crippen LogP) is 3.01. The molecule has 8 heteroatoms. The molecule has 0 saturated carbocycles. The van der Waals surface area contributed by atoms with Gasteiger partial charge in [0.1, 0.15) is 15.8 Å². The van der Waals surface area contributed by atoms with Gasteiger partial charge < -0.3 is 4.90 Å². The molecule has 2 saturated heterocycles. The number of carbonyl (C=O) groups is 1. The summed E-state index contributed by atoms with van der Waals surface area (Å²) in [5.41, 5.74) is 0.875. The lowest BCUT2D eigenvalue weighted by atomic mass is 9.91. The monoisotopic (exact) mass is 414 g/mol. The van der Waals surface area contributed by atoms with Crippen LogP contribution in [0, 0.1) is 11.8 Å². The average molecular weight is 415 g/mol. The maximum atomic E-state index is 13.3. The van der Waals surface area contributed by atoms with E-state index in [9.17, 15) is 9.59 Å². The molecule has 0 N–H and O–H groups in total. The number of likely N-dealkylation sites (N-methyl/N-ethyl adjacent to an activating group) is 1. The number of piperidine rings is 1. The lowest BCUT2D eigenvalue weighted by molar-refractivity contribution is -0.121. The predicted molar refractivity (Wildman–Crippen MR) is 118 cm³/mol. The summed E-state index contributed by atoms with van der Waals surface area (Å²) < 4.78 is 2.02. The van der Waals surface area contributed by atoms with Crippen LogP contribution in [-0.4, -0.2) is 44.6 Å². The van der Waals surface area contributed by atoms with Gasteiger partial charge in [-0.2, -0.15) is 0 Å². The summed E-state index contributed by atoms with van der Waals surface area (Å²) in [5, 5.41) is 0. The van der Waals surface area contributed by atoms with E-state index in [-0.39, 0.29) is 11.5 Å². The summed E-state index contributed by atoms with van der Waals surface area (Å²) in [6.45, 7) is 6.13. The Morgan fingerprint density at radius 1 is 1.21 bits per heavy atom. The van der Waals surface area contributed by atoms with E-state index in [2.05, 4.69) is 18.7 Å². The van der Waals surface area contributed by atoms with Crippen LogP contribution in [0.25, 0.3) is 11.7 Å². The highest BCUT2D eigenvalue weighted by atomic mass is 32.2. The van der Waals surface area contributed by atoms with Crippen LogP contribution >= 0.6 is 24.0 Å². The first-order chi connectivity index (χ1) is 13.3. The molecular formula is C20H22N4O2S2. The molecule has 2 aliphatic heterocycles. The number of amides is 1. The fourth-order valence-electron chi connectivity index (χ4n) is 3.97. The molecular weight excluding hydrogens is 392 g/mol. The summed E-state index contributed by atoms with van der Waals surface area (Å²) in [6.07, 6.45) is 4.53. The average Bonchev–Trinajstić information content (AvgIpc) is 2.90. The second-order valence-electron chi connectivity index (χ2n) is 7.67. The Kier molecular flexibility index (Phi) is 5.01. The first-order valence-corrected chi connectivity index (χ1v) is 10.6. The highest BCUT2D eigenvalue weighted by molar-refractivity contribution is 8.26. The maximum absolute atomic E-state index is 13.3. The fraction of sp³-hybridized carbons (Fsp3) is 0.400. The standard InChI is InChI=1S/C20H22N4O2S2/c1-12-8-13(2)11-23(10-12)17-14(9-15-19(26)22(3)20(27)28-15)18(25)24-7-5-4-6-16(24)21-17/h4-7,9,12-13H,8,10-11H2,1-3H3/b15-9-. The van der Waals surface area contributed by atoms with E-state index in [1.165, 1.54) is 21.1 Å². The third-order valence-electron chi connectivity index (χ3n) is 5.18. The van der Waals surface area contributed by atoms with E-state index in [4.69, 9.17) is 17.2 Å². The van der Waals surface area contributed by atoms with Crippen molar-refractivity contribution in [1.29, 1.82) is 0 Å². The fourth-order valence-corrected chi connectivity index (χ4v) is 5.13. The van der Waals surface area contributed by atoms with Crippen LogP contribution in [0.5, 0.6) is 0 Å². The van der Waals surface area contributed by atoms with Crippen molar-refractivity contribution in [2.24, 2.45) is 11.8 Å². The SMILES string of the molecule is CC1CC(C)CN(c2nc3ccccn3c(=O)c2/C=C2\SC(=S)N(C)C2=O)C1. The van der Waals surface area contributed by atoms with Gasteiger partial charge in [0, 0.05) is 26.3 Å². The third-order valence-corrected chi connectivity index (χ3v) is 6.66. The molecule has 0 radical (unpaired) electrons. The van der Waals surface area contributed by atoms with Crippen LogP contribution < -0.4 is 10.5 Å². The lowest BCUT2D eigenvalue weighted by Crippen LogP contribution is -2.40. The van der Waals surface area contributed by atoms with Gasteiger partial charge in [-0.25, -0.2) is 4.98 Å². The van der Waals surface area contributed by atoms with E-state index >= 15 is 0 Å². The summed E-state index contributed by atoms with van der Waals surface area (Å²) in [7, 11) is 1.65. The van der Waals surface area contributed by atoms with E-state index in [1.807, 2.05) is 12.1 Å². The second-order valence-corrected chi connectivity index (χ2v) is 9.35. The van der Waals surface area contributed by atoms with Crippen molar-refractivity contribution in [3.63, 3.8) is 0 Å². The minimum Gasteiger partial charge on any atom is -0.355 e. The number of pyridine rings is 1. The van der Waals surface area contributed by atoms with Crippen LogP contribution in [-0.2, 0) is 4.79 Å². The maximum Gasteiger partial charge on any atom is 0.267 e. The number of hydrogen-bond donors (Lipinski definition) is 0. The molecule has 0 bridgehead atoms. The van der Waals surface area contributed by atoms with Crippen LogP contribution in [0.3, 0.4) is 0 Å². The van der Waals surface area contributed by atoms with E-state index in [0.29, 0.717) is 38.1 Å². The van der Waals surface area contributed by atoms with Crippen LogP contribution in [0.15, 0.2) is 34.1 Å². The quantitative estimate of drug-likeness (QED) is 0.556. The third kappa shape index (κ3) is 3.35. The Bertz CT molecular complexity index is 1050. The zero-order valence-corrected chi connectivity index (χ0v) is 17.7. The first kappa shape index (κ1) is 19.1. The van der Waals surface area contributed by atoms with Gasteiger partial charge in [-0.3, -0.25) is 18.9 Å². The van der Waals surface area contributed by atoms with Crippen LogP contribution in [0.4, 0.5) is 5.82 Å². The largest absolute Gasteiger partial charge is 0.355 e. The zero-order valence-electron chi connectivity index (χ0n) is 16.1. The van der Waals surface area contributed by atoms with Gasteiger partial charge in [-0.15, -0.1) is 0 Å². The Morgan fingerprint density at radius 3 is 2.57 bits per heavy atom. The molecule has 2 aliphatic rings. The Hall–Kier alpha value is -2.19. The molecule has 0 aromatic carbocycles. The van der Waals surface area contributed by atoms with Crippen LogP contribution in [0.1, 0.15) is 25.8 Å². The number of thioether (sulfide) groups is 1. The summed E-state index contributed by atoms with van der Waals surface area (Å²) >= 11 is 6.45. The topological polar surface area (TPSA) is 57.9 Å². The van der Waals surface area contributed by atoms with E-state index < -0.39 is 0 Å². The van der Waals surface area contributed by atoms with Gasteiger partial charge in [0.05, 0.1) is 10.5 Å². The molecule has 2 unspecified atom stereocenters. The molecule has 4 heterocycles. The number of anilines is 1. The molecule has 2 atom stereocenters. The smallest absolute Gasteiger partial charge is 0.267 e. The molecule has 4 rings (SSSR count). The van der Waals surface area contributed by atoms with Crippen molar-refractivity contribution in [2.75, 3.05) is 25.0 Å². The second kappa shape index (κ2) is 7.33. The number of hydrogen-bond acceptors (Lipinski definition) is 6. The lowest BCUT2D eigenvalue weighted by Gasteiger charge is -2.36. The van der Waals surface area contributed by atoms with Crippen molar-refractivity contribution in [2.45, 2.75) is 20.3 Å². The molecule has 2 fully saturated rings.